The molecule has 0 saturated carbocycles. The Morgan fingerprint density at radius 3 is 2.41 bits per heavy atom. The van der Waals surface area contributed by atoms with Gasteiger partial charge in [0.2, 0.25) is 5.90 Å². The van der Waals surface area contributed by atoms with Crippen molar-refractivity contribution in [2.24, 2.45) is 4.99 Å². The van der Waals surface area contributed by atoms with Crippen molar-refractivity contribution < 1.29 is 9.53 Å². The zero-order valence-corrected chi connectivity index (χ0v) is 11.9. The number of rotatable bonds is 2. The molecule has 1 aliphatic rings. The highest BCUT2D eigenvalue weighted by Crippen LogP contribution is 2.19. The number of esters is 1. The van der Waals surface area contributed by atoms with Crippen molar-refractivity contribution in [3.8, 4) is 6.07 Å². The highest BCUT2D eigenvalue weighted by atomic mass is 16.6. The Bertz CT molecular complexity index is 823. The van der Waals surface area contributed by atoms with Gasteiger partial charge in [0.1, 0.15) is 0 Å². The van der Waals surface area contributed by atoms with E-state index in [1.807, 2.05) is 37.3 Å². The molecular formula is C18H12N2O2. The van der Waals surface area contributed by atoms with Crippen molar-refractivity contribution in [1.82, 2.24) is 0 Å². The molecule has 3 rings (SSSR count). The summed E-state index contributed by atoms with van der Waals surface area (Å²) in [5.41, 5.74) is 3.50. The molecule has 0 unspecified atom stereocenters. The molecule has 0 saturated heterocycles. The Morgan fingerprint density at radius 2 is 1.77 bits per heavy atom. The Kier molecular flexibility index (Phi) is 3.55. The van der Waals surface area contributed by atoms with Gasteiger partial charge in [0.05, 0.1) is 11.6 Å². The summed E-state index contributed by atoms with van der Waals surface area (Å²) in [4.78, 5) is 16.1. The van der Waals surface area contributed by atoms with E-state index in [1.54, 1.807) is 30.3 Å². The summed E-state index contributed by atoms with van der Waals surface area (Å²) < 4.78 is 5.21. The Hall–Kier alpha value is -3.19. The van der Waals surface area contributed by atoms with Gasteiger partial charge in [0.25, 0.3) is 0 Å². The summed E-state index contributed by atoms with van der Waals surface area (Å²) in [5, 5.41) is 8.77. The van der Waals surface area contributed by atoms with E-state index in [4.69, 9.17) is 10.00 Å². The molecule has 1 aliphatic heterocycles. The average molecular weight is 288 g/mol. The van der Waals surface area contributed by atoms with E-state index in [9.17, 15) is 4.79 Å². The van der Waals surface area contributed by atoms with Crippen molar-refractivity contribution in [3.63, 3.8) is 0 Å². The number of benzene rings is 2. The van der Waals surface area contributed by atoms with Crippen LogP contribution in [0.1, 0.15) is 22.3 Å². The molecule has 0 spiro atoms. The number of nitriles is 1. The minimum atomic E-state index is -0.472. The summed E-state index contributed by atoms with van der Waals surface area (Å²) in [5.74, 6) is -0.162. The van der Waals surface area contributed by atoms with Crippen molar-refractivity contribution in [2.45, 2.75) is 6.92 Å². The van der Waals surface area contributed by atoms with Gasteiger partial charge in [-0.1, -0.05) is 29.8 Å². The van der Waals surface area contributed by atoms with E-state index in [0.717, 1.165) is 16.7 Å². The summed E-state index contributed by atoms with van der Waals surface area (Å²) >= 11 is 0. The third-order valence-corrected chi connectivity index (χ3v) is 3.26. The van der Waals surface area contributed by atoms with E-state index >= 15 is 0 Å². The predicted octanol–water partition coefficient (Wildman–Crippen LogP) is 3.21. The molecule has 2 aromatic rings. The Labute approximate surface area is 128 Å². The number of carbonyl (C=O) groups is 1. The van der Waals surface area contributed by atoms with Crippen LogP contribution < -0.4 is 0 Å². The number of ether oxygens (including phenoxy) is 1. The largest absolute Gasteiger partial charge is 0.402 e. The molecule has 0 atom stereocenters. The van der Waals surface area contributed by atoms with E-state index in [0.29, 0.717) is 11.5 Å². The van der Waals surface area contributed by atoms with E-state index in [2.05, 4.69) is 4.99 Å². The SMILES string of the molecule is Cc1ccc(C2=N/C(=C\c3ccc(C#N)cc3)C(=O)O2)cc1. The molecule has 0 aliphatic carbocycles. The van der Waals surface area contributed by atoms with Gasteiger partial charge in [0.15, 0.2) is 5.70 Å². The minimum Gasteiger partial charge on any atom is -0.402 e. The smallest absolute Gasteiger partial charge is 0.363 e. The molecule has 22 heavy (non-hydrogen) atoms. The van der Waals surface area contributed by atoms with Gasteiger partial charge >= 0.3 is 5.97 Å². The highest BCUT2D eigenvalue weighted by Gasteiger charge is 2.23. The van der Waals surface area contributed by atoms with Crippen LogP contribution in [0.25, 0.3) is 6.08 Å². The van der Waals surface area contributed by atoms with Crippen molar-refractivity contribution in [2.75, 3.05) is 0 Å². The van der Waals surface area contributed by atoms with Crippen LogP contribution in [0, 0.1) is 18.3 Å². The fourth-order valence-corrected chi connectivity index (χ4v) is 2.04. The first kappa shape index (κ1) is 13.8. The maximum absolute atomic E-state index is 11.9. The molecule has 0 bridgehead atoms. The summed E-state index contributed by atoms with van der Waals surface area (Å²) in [6, 6.07) is 16.6. The first-order valence-electron chi connectivity index (χ1n) is 6.75. The van der Waals surface area contributed by atoms with Gasteiger partial charge in [-0.25, -0.2) is 9.79 Å². The zero-order valence-electron chi connectivity index (χ0n) is 11.9. The number of carbonyl (C=O) groups excluding carboxylic acids is 1. The van der Waals surface area contributed by atoms with Gasteiger partial charge in [-0.2, -0.15) is 5.26 Å². The average Bonchev–Trinajstić information content (AvgIpc) is 2.90. The molecule has 0 N–H and O–H groups in total. The predicted molar refractivity (Wildman–Crippen MR) is 82.9 cm³/mol. The van der Waals surface area contributed by atoms with Crippen molar-refractivity contribution in [3.05, 3.63) is 76.5 Å². The molecule has 2 aromatic carbocycles. The number of hydrogen-bond acceptors (Lipinski definition) is 4. The van der Waals surface area contributed by atoms with E-state index in [-0.39, 0.29) is 5.70 Å². The van der Waals surface area contributed by atoms with Gasteiger partial charge in [0, 0.05) is 5.56 Å². The third-order valence-electron chi connectivity index (χ3n) is 3.26. The lowest BCUT2D eigenvalue weighted by molar-refractivity contribution is -0.129. The maximum atomic E-state index is 11.9. The zero-order chi connectivity index (χ0) is 15.5. The van der Waals surface area contributed by atoms with Crippen LogP contribution in [-0.2, 0) is 9.53 Å². The standard InChI is InChI=1S/C18H12N2O2/c1-12-2-8-15(9-3-12)17-20-16(18(21)22-17)10-13-4-6-14(11-19)7-5-13/h2-10H,1H3/b16-10-. The maximum Gasteiger partial charge on any atom is 0.363 e. The normalized spacial score (nSPS) is 15.4. The first-order chi connectivity index (χ1) is 10.7. The number of aryl methyl sites for hydroxylation is 1. The molecule has 106 valence electrons. The van der Waals surface area contributed by atoms with Crippen LogP contribution >= 0.6 is 0 Å². The summed E-state index contributed by atoms with van der Waals surface area (Å²) in [6.07, 6.45) is 1.64. The third kappa shape index (κ3) is 2.79. The first-order valence-corrected chi connectivity index (χ1v) is 6.75. The number of hydrogen-bond donors (Lipinski definition) is 0. The van der Waals surface area contributed by atoms with Crippen LogP contribution in [-0.4, -0.2) is 11.9 Å². The molecular weight excluding hydrogens is 276 g/mol. The van der Waals surface area contributed by atoms with Crippen molar-refractivity contribution in [1.29, 1.82) is 5.26 Å². The number of cyclic esters (lactones) is 1. The second-order valence-electron chi connectivity index (χ2n) is 4.94. The quantitative estimate of drug-likeness (QED) is 0.629. The molecule has 0 aromatic heterocycles. The Balaban J connectivity index is 1.90. The minimum absolute atomic E-state index is 0.250. The van der Waals surface area contributed by atoms with Crippen molar-refractivity contribution >= 4 is 17.9 Å². The van der Waals surface area contributed by atoms with E-state index < -0.39 is 5.97 Å². The fraction of sp³-hybridized carbons (Fsp3) is 0.0556. The lowest BCUT2D eigenvalue weighted by atomic mass is 10.1. The lowest BCUT2D eigenvalue weighted by Crippen LogP contribution is -2.05. The topological polar surface area (TPSA) is 62.5 Å². The van der Waals surface area contributed by atoms with Crippen LogP contribution in [0.4, 0.5) is 0 Å². The van der Waals surface area contributed by atoms with Crippen LogP contribution in [0.2, 0.25) is 0 Å². The van der Waals surface area contributed by atoms with Crippen LogP contribution in [0.3, 0.4) is 0 Å². The molecule has 0 amide bonds. The van der Waals surface area contributed by atoms with E-state index in [1.165, 1.54) is 0 Å². The second kappa shape index (κ2) is 5.66. The molecule has 0 radical (unpaired) electrons. The molecule has 4 nitrogen and oxygen atoms in total. The molecule has 4 heteroatoms. The monoisotopic (exact) mass is 288 g/mol. The van der Waals surface area contributed by atoms with Gasteiger partial charge in [-0.05, 0) is 42.8 Å². The van der Waals surface area contributed by atoms with Gasteiger partial charge in [-0.15, -0.1) is 0 Å². The Morgan fingerprint density at radius 1 is 1.09 bits per heavy atom. The lowest BCUT2D eigenvalue weighted by Gasteiger charge is -1.99. The fourth-order valence-electron chi connectivity index (χ4n) is 2.04. The molecule has 0 fully saturated rings. The number of nitrogens with zero attached hydrogens (tertiary/aromatic N) is 2. The summed E-state index contributed by atoms with van der Waals surface area (Å²) in [7, 11) is 0. The second-order valence-corrected chi connectivity index (χ2v) is 4.94. The van der Waals surface area contributed by atoms with Gasteiger partial charge < -0.3 is 4.74 Å². The highest BCUT2D eigenvalue weighted by molar-refractivity contribution is 6.12. The summed E-state index contributed by atoms with van der Waals surface area (Å²) in [6.45, 7) is 1.99. The number of aliphatic imine (C=N–C) groups is 1. The molecule has 1 heterocycles. The van der Waals surface area contributed by atoms with Crippen LogP contribution in [0.5, 0.6) is 0 Å². The van der Waals surface area contributed by atoms with Crippen LogP contribution in [0.15, 0.2) is 59.2 Å². The van der Waals surface area contributed by atoms with Gasteiger partial charge in [-0.3, -0.25) is 0 Å².